The Bertz CT molecular complexity index is 1220. The number of carbonyl (C=O) groups excluding carboxylic acids is 1. The first-order valence-corrected chi connectivity index (χ1v) is 12.9. The monoisotopic (exact) mass is 455 g/mol. The maximum Gasteiger partial charge on any atom is 0.238 e. The van der Waals surface area contributed by atoms with Crippen molar-refractivity contribution in [3.63, 3.8) is 0 Å². The molecule has 1 aliphatic rings. The number of unbranched alkanes of at least 4 members (excludes halogenated alkanes) is 1. The fourth-order valence-corrected chi connectivity index (χ4v) is 5.60. The number of aryl methyl sites for hydroxylation is 1. The Morgan fingerprint density at radius 1 is 1.13 bits per heavy atom. The first-order valence-electron chi connectivity index (χ1n) is 10.3. The number of rotatable bonds is 7. The number of hydrogen-bond acceptors (Lipinski definition) is 5. The SMILES string of the molecule is CCCCc1nc2c(n1Cc1ccc(-c3ccccc3S(N)(=O)=O)cc1)C(=O)CCS2. The van der Waals surface area contributed by atoms with Crippen LogP contribution in [0.3, 0.4) is 0 Å². The molecule has 0 fully saturated rings. The summed E-state index contributed by atoms with van der Waals surface area (Å²) in [7, 11) is -3.82. The van der Waals surface area contributed by atoms with Crippen LogP contribution in [-0.2, 0) is 23.0 Å². The predicted octanol–water partition coefficient (Wildman–Crippen LogP) is 4.27. The molecule has 4 rings (SSSR count). The molecule has 0 bridgehead atoms. The minimum Gasteiger partial charge on any atom is -0.320 e. The highest BCUT2D eigenvalue weighted by Crippen LogP contribution is 2.32. The summed E-state index contributed by atoms with van der Waals surface area (Å²) in [5, 5.41) is 6.23. The Labute approximate surface area is 186 Å². The number of fused-ring (bicyclic) bond motifs is 1. The Morgan fingerprint density at radius 2 is 1.87 bits per heavy atom. The number of carbonyl (C=O) groups is 1. The molecule has 6 nitrogen and oxygen atoms in total. The van der Waals surface area contributed by atoms with Gasteiger partial charge in [-0.05, 0) is 23.6 Å². The van der Waals surface area contributed by atoms with Crippen LogP contribution in [0.5, 0.6) is 0 Å². The van der Waals surface area contributed by atoms with Crippen molar-refractivity contribution in [2.75, 3.05) is 5.75 Å². The Hall–Kier alpha value is -2.42. The summed E-state index contributed by atoms with van der Waals surface area (Å²) in [5.41, 5.74) is 3.11. The van der Waals surface area contributed by atoms with E-state index >= 15 is 0 Å². The zero-order chi connectivity index (χ0) is 22.0. The molecule has 0 radical (unpaired) electrons. The number of nitrogens with zero attached hydrogens (tertiary/aromatic N) is 2. The van der Waals surface area contributed by atoms with E-state index < -0.39 is 10.0 Å². The second-order valence-electron chi connectivity index (χ2n) is 7.63. The maximum atomic E-state index is 12.6. The third-order valence-electron chi connectivity index (χ3n) is 5.40. The number of benzene rings is 2. The predicted molar refractivity (Wildman–Crippen MR) is 123 cm³/mol. The van der Waals surface area contributed by atoms with Gasteiger partial charge in [0.05, 0.1) is 4.90 Å². The number of primary sulfonamides is 1. The third kappa shape index (κ3) is 4.61. The molecular weight excluding hydrogens is 430 g/mol. The molecule has 8 heteroatoms. The van der Waals surface area contributed by atoms with E-state index in [4.69, 9.17) is 10.1 Å². The number of imidazole rings is 1. The Kier molecular flexibility index (Phi) is 6.31. The minimum atomic E-state index is -3.82. The quantitative estimate of drug-likeness (QED) is 0.574. The number of hydrogen-bond donors (Lipinski definition) is 1. The van der Waals surface area contributed by atoms with Crippen molar-refractivity contribution >= 4 is 27.6 Å². The van der Waals surface area contributed by atoms with Crippen molar-refractivity contribution in [3.05, 3.63) is 65.6 Å². The molecule has 2 N–H and O–H groups in total. The average molecular weight is 456 g/mol. The molecule has 1 aliphatic heterocycles. The van der Waals surface area contributed by atoms with Gasteiger partial charge in [0.1, 0.15) is 16.5 Å². The van der Waals surface area contributed by atoms with Crippen LogP contribution in [0.1, 0.15) is 48.1 Å². The Balaban J connectivity index is 1.67. The van der Waals surface area contributed by atoms with Crippen molar-refractivity contribution < 1.29 is 13.2 Å². The molecule has 31 heavy (non-hydrogen) atoms. The first kappa shape index (κ1) is 21.8. The molecule has 1 aromatic heterocycles. The number of Topliss-reactive ketones (excluding diaryl/α,β-unsaturated/α-hetero) is 1. The van der Waals surface area contributed by atoms with E-state index in [1.165, 1.54) is 6.07 Å². The van der Waals surface area contributed by atoms with Gasteiger partial charge in [-0.15, -0.1) is 11.8 Å². The van der Waals surface area contributed by atoms with E-state index in [2.05, 4.69) is 11.5 Å². The summed E-state index contributed by atoms with van der Waals surface area (Å²) in [6, 6.07) is 14.4. The molecule has 2 heterocycles. The number of aromatic nitrogens is 2. The van der Waals surface area contributed by atoms with Crippen molar-refractivity contribution in [3.8, 4) is 11.1 Å². The van der Waals surface area contributed by atoms with Gasteiger partial charge in [0.25, 0.3) is 0 Å². The fourth-order valence-electron chi connectivity index (χ4n) is 3.83. The largest absolute Gasteiger partial charge is 0.320 e. The van der Waals surface area contributed by atoms with E-state index in [1.54, 1.807) is 30.0 Å². The molecule has 0 aliphatic carbocycles. The van der Waals surface area contributed by atoms with Gasteiger partial charge >= 0.3 is 0 Å². The third-order valence-corrected chi connectivity index (χ3v) is 7.34. The van der Waals surface area contributed by atoms with E-state index in [0.29, 0.717) is 18.5 Å². The van der Waals surface area contributed by atoms with Crippen LogP contribution < -0.4 is 5.14 Å². The molecule has 2 aromatic carbocycles. The van der Waals surface area contributed by atoms with E-state index in [-0.39, 0.29) is 10.7 Å². The molecule has 0 atom stereocenters. The average Bonchev–Trinajstić information content (AvgIpc) is 3.10. The summed E-state index contributed by atoms with van der Waals surface area (Å²) in [6.45, 7) is 2.70. The van der Waals surface area contributed by atoms with Crippen molar-refractivity contribution in [1.82, 2.24) is 9.55 Å². The van der Waals surface area contributed by atoms with Crippen LogP contribution in [0.2, 0.25) is 0 Å². The minimum absolute atomic E-state index is 0.107. The van der Waals surface area contributed by atoms with Gasteiger partial charge in [0.15, 0.2) is 5.78 Å². The van der Waals surface area contributed by atoms with E-state index in [1.807, 2.05) is 24.3 Å². The van der Waals surface area contributed by atoms with Crippen LogP contribution in [0.4, 0.5) is 0 Å². The van der Waals surface area contributed by atoms with Crippen LogP contribution in [-0.4, -0.2) is 29.5 Å². The number of ketones is 1. The van der Waals surface area contributed by atoms with Crippen LogP contribution in [0, 0.1) is 0 Å². The fraction of sp³-hybridized carbons (Fsp3) is 0.304. The van der Waals surface area contributed by atoms with Gasteiger partial charge < -0.3 is 4.57 Å². The molecule has 0 spiro atoms. The summed E-state index contributed by atoms with van der Waals surface area (Å²) in [6.07, 6.45) is 3.48. The zero-order valence-corrected chi connectivity index (χ0v) is 19.0. The van der Waals surface area contributed by atoms with Gasteiger partial charge in [0.2, 0.25) is 10.0 Å². The molecule has 0 saturated heterocycles. The summed E-state index contributed by atoms with van der Waals surface area (Å²) in [4.78, 5) is 17.5. The highest BCUT2D eigenvalue weighted by Gasteiger charge is 2.26. The Morgan fingerprint density at radius 3 is 2.58 bits per heavy atom. The highest BCUT2D eigenvalue weighted by molar-refractivity contribution is 7.99. The van der Waals surface area contributed by atoms with Crippen molar-refractivity contribution in [2.45, 2.75) is 49.1 Å². The van der Waals surface area contributed by atoms with E-state index in [9.17, 15) is 13.2 Å². The van der Waals surface area contributed by atoms with Crippen molar-refractivity contribution in [2.24, 2.45) is 5.14 Å². The number of nitrogens with two attached hydrogens (primary N) is 1. The molecule has 162 valence electrons. The molecular formula is C23H25N3O3S2. The summed E-state index contributed by atoms with van der Waals surface area (Å²) >= 11 is 1.65. The zero-order valence-electron chi connectivity index (χ0n) is 17.4. The summed E-state index contributed by atoms with van der Waals surface area (Å²) in [5.74, 6) is 1.90. The lowest BCUT2D eigenvalue weighted by molar-refractivity contribution is 0.0975. The summed E-state index contributed by atoms with van der Waals surface area (Å²) < 4.78 is 25.9. The molecule has 3 aromatic rings. The molecule has 0 amide bonds. The van der Waals surface area contributed by atoms with Crippen LogP contribution in [0.25, 0.3) is 11.1 Å². The van der Waals surface area contributed by atoms with Gasteiger partial charge in [-0.25, -0.2) is 18.5 Å². The van der Waals surface area contributed by atoms with E-state index in [0.717, 1.165) is 52.7 Å². The normalized spacial score (nSPS) is 13.9. The second-order valence-corrected chi connectivity index (χ2v) is 10.2. The number of sulfonamides is 1. The topological polar surface area (TPSA) is 95.1 Å². The number of thioether (sulfide) groups is 1. The lowest BCUT2D eigenvalue weighted by Gasteiger charge is -2.15. The maximum absolute atomic E-state index is 12.6. The van der Waals surface area contributed by atoms with Crippen LogP contribution in [0.15, 0.2) is 58.5 Å². The van der Waals surface area contributed by atoms with Gasteiger partial charge in [0, 0.05) is 30.7 Å². The van der Waals surface area contributed by atoms with Gasteiger partial charge in [-0.2, -0.15) is 0 Å². The van der Waals surface area contributed by atoms with Crippen molar-refractivity contribution in [1.29, 1.82) is 0 Å². The highest BCUT2D eigenvalue weighted by atomic mass is 32.2. The molecule has 0 unspecified atom stereocenters. The van der Waals surface area contributed by atoms with Gasteiger partial charge in [-0.3, -0.25) is 4.79 Å². The standard InChI is InChI=1S/C23H25N3O3S2/c1-2-3-8-21-25-23-22(19(27)13-14-30-23)26(21)15-16-9-11-17(12-10-16)18-6-4-5-7-20(18)31(24,28)29/h4-7,9-12H,2-3,8,13-15H2,1H3,(H2,24,28,29). The second kappa shape index (κ2) is 8.98. The smallest absolute Gasteiger partial charge is 0.238 e. The lowest BCUT2D eigenvalue weighted by atomic mass is 10.0. The lowest BCUT2D eigenvalue weighted by Crippen LogP contribution is -2.16. The first-order chi connectivity index (χ1) is 14.9. The molecule has 0 saturated carbocycles. The van der Waals surface area contributed by atoms with Gasteiger partial charge in [-0.1, -0.05) is 55.8 Å². The van der Waals surface area contributed by atoms with Crippen LogP contribution >= 0.6 is 11.8 Å².